The summed E-state index contributed by atoms with van der Waals surface area (Å²) in [7, 11) is 0. The Labute approximate surface area is 158 Å². The maximum Gasteiger partial charge on any atom is 0.342 e. The summed E-state index contributed by atoms with van der Waals surface area (Å²) in [6, 6.07) is 17.4. The van der Waals surface area contributed by atoms with E-state index in [-0.39, 0.29) is 12.2 Å². The van der Waals surface area contributed by atoms with Gasteiger partial charge in [0.2, 0.25) is 0 Å². The Morgan fingerprint density at radius 3 is 2.70 bits per heavy atom. The molecule has 0 bridgehead atoms. The number of thiazole rings is 1. The molecule has 134 valence electrons. The smallest absolute Gasteiger partial charge is 0.342 e. The second-order valence-electron chi connectivity index (χ2n) is 5.63. The minimum absolute atomic E-state index is 0.0951. The Kier molecular flexibility index (Phi) is 4.67. The average molecular weight is 378 g/mol. The zero-order valence-electron chi connectivity index (χ0n) is 14.1. The van der Waals surface area contributed by atoms with E-state index >= 15 is 0 Å². The van der Waals surface area contributed by atoms with Crippen LogP contribution in [-0.4, -0.2) is 15.4 Å². The van der Waals surface area contributed by atoms with Crippen molar-refractivity contribution in [3.8, 4) is 11.5 Å². The van der Waals surface area contributed by atoms with Gasteiger partial charge in [-0.1, -0.05) is 30.3 Å². The highest BCUT2D eigenvalue weighted by molar-refractivity contribution is 7.15. The van der Waals surface area contributed by atoms with Gasteiger partial charge in [-0.2, -0.15) is 0 Å². The number of carbonyl (C=O) groups is 1. The number of hydrogen-bond donors (Lipinski definition) is 0. The normalized spacial score (nSPS) is 10.7. The minimum Gasteiger partial charge on any atom is -0.456 e. The highest BCUT2D eigenvalue weighted by Crippen LogP contribution is 2.25. The Hall–Kier alpha value is -3.45. The van der Waals surface area contributed by atoms with Gasteiger partial charge in [0.1, 0.15) is 23.7 Å². The van der Waals surface area contributed by atoms with Gasteiger partial charge in [-0.15, -0.1) is 11.3 Å². The minimum atomic E-state index is -0.547. The molecule has 0 spiro atoms. The van der Waals surface area contributed by atoms with Gasteiger partial charge in [0, 0.05) is 17.6 Å². The van der Waals surface area contributed by atoms with Crippen molar-refractivity contribution in [1.82, 2.24) is 9.38 Å². The van der Waals surface area contributed by atoms with Crippen molar-refractivity contribution in [2.75, 3.05) is 0 Å². The van der Waals surface area contributed by atoms with E-state index in [4.69, 9.17) is 9.47 Å². The summed E-state index contributed by atoms with van der Waals surface area (Å²) < 4.78 is 12.6. The molecule has 0 aliphatic rings. The average Bonchev–Trinajstić information content (AvgIpc) is 3.17. The highest BCUT2D eigenvalue weighted by atomic mass is 32.1. The van der Waals surface area contributed by atoms with Gasteiger partial charge in [0.15, 0.2) is 4.96 Å². The first-order chi connectivity index (χ1) is 13.2. The van der Waals surface area contributed by atoms with Gasteiger partial charge in [0.05, 0.1) is 5.69 Å². The molecule has 27 heavy (non-hydrogen) atoms. The van der Waals surface area contributed by atoms with E-state index in [0.717, 1.165) is 0 Å². The summed E-state index contributed by atoms with van der Waals surface area (Å²) in [5.41, 5.74) is 0.493. The molecule has 7 heteroatoms. The fourth-order valence-electron chi connectivity index (χ4n) is 2.52. The number of para-hydroxylation sites is 2. The molecule has 0 fully saturated rings. The molecule has 0 aliphatic heterocycles. The van der Waals surface area contributed by atoms with Crippen LogP contribution in [0, 0.1) is 0 Å². The second-order valence-corrected chi connectivity index (χ2v) is 6.50. The Balaban J connectivity index is 1.52. The second kappa shape index (κ2) is 7.43. The van der Waals surface area contributed by atoms with Crippen LogP contribution in [0.5, 0.6) is 11.5 Å². The zero-order valence-corrected chi connectivity index (χ0v) is 14.9. The summed E-state index contributed by atoms with van der Waals surface area (Å²) in [5, 5.41) is 1.77. The van der Waals surface area contributed by atoms with Crippen molar-refractivity contribution in [2.24, 2.45) is 0 Å². The highest BCUT2D eigenvalue weighted by Gasteiger charge is 2.15. The van der Waals surface area contributed by atoms with Crippen LogP contribution in [-0.2, 0) is 11.3 Å². The molecule has 4 aromatic rings. The van der Waals surface area contributed by atoms with Crippen molar-refractivity contribution in [3.63, 3.8) is 0 Å². The van der Waals surface area contributed by atoms with Crippen molar-refractivity contribution in [1.29, 1.82) is 0 Å². The lowest BCUT2D eigenvalue weighted by atomic mass is 10.2. The molecular formula is C20H14N2O4S. The van der Waals surface area contributed by atoms with Crippen LogP contribution in [0.25, 0.3) is 4.96 Å². The van der Waals surface area contributed by atoms with Crippen LogP contribution in [0.3, 0.4) is 0 Å². The maximum absolute atomic E-state index is 12.5. The summed E-state index contributed by atoms with van der Waals surface area (Å²) in [6.45, 7) is -0.0951. The third-order valence-corrected chi connectivity index (χ3v) is 4.54. The van der Waals surface area contributed by atoms with E-state index < -0.39 is 5.97 Å². The zero-order chi connectivity index (χ0) is 18.6. The van der Waals surface area contributed by atoms with Gasteiger partial charge in [-0.25, -0.2) is 9.78 Å². The number of carbonyl (C=O) groups excluding carboxylic acids is 1. The first kappa shape index (κ1) is 17.0. The van der Waals surface area contributed by atoms with Gasteiger partial charge in [0.25, 0.3) is 5.56 Å². The van der Waals surface area contributed by atoms with E-state index in [0.29, 0.717) is 27.7 Å². The monoisotopic (exact) mass is 378 g/mol. The molecular weight excluding hydrogens is 364 g/mol. The van der Waals surface area contributed by atoms with E-state index in [1.165, 1.54) is 21.8 Å². The Morgan fingerprint density at radius 1 is 1.07 bits per heavy atom. The number of esters is 1. The standard InChI is InChI=1S/C20H14N2O4S/c23-18-12-14(21-20-22(18)10-11-27-20)13-25-19(24)16-8-4-5-9-17(16)26-15-6-2-1-3-7-15/h1-12H,13H2. The topological polar surface area (TPSA) is 69.9 Å². The van der Waals surface area contributed by atoms with Crippen molar-refractivity contribution in [3.05, 3.63) is 93.9 Å². The van der Waals surface area contributed by atoms with E-state index in [1.807, 2.05) is 18.2 Å². The molecule has 0 N–H and O–H groups in total. The van der Waals surface area contributed by atoms with Gasteiger partial charge in [-0.3, -0.25) is 9.20 Å². The lowest BCUT2D eigenvalue weighted by molar-refractivity contribution is 0.0465. The molecule has 2 aromatic carbocycles. The number of rotatable bonds is 5. The summed E-state index contributed by atoms with van der Waals surface area (Å²) in [4.78, 5) is 29.4. The molecule has 2 aromatic heterocycles. The van der Waals surface area contributed by atoms with Crippen molar-refractivity contribution >= 4 is 22.3 Å². The molecule has 6 nitrogen and oxygen atoms in total. The molecule has 0 atom stereocenters. The predicted octanol–water partition coefficient (Wildman–Crippen LogP) is 3.91. The van der Waals surface area contributed by atoms with Crippen LogP contribution < -0.4 is 10.3 Å². The lowest BCUT2D eigenvalue weighted by Crippen LogP contribution is -2.15. The van der Waals surface area contributed by atoms with Crippen LogP contribution in [0.4, 0.5) is 0 Å². The molecule has 0 saturated carbocycles. The summed E-state index contributed by atoms with van der Waals surface area (Å²) in [5.74, 6) is 0.473. The van der Waals surface area contributed by atoms with Gasteiger partial charge in [-0.05, 0) is 24.3 Å². The number of nitrogens with zero attached hydrogens (tertiary/aromatic N) is 2. The van der Waals surface area contributed by atoms with Crippen LogP contribution in [0.1, 0.15) is 16.1 Å². The number of aromatic nitrogens is 2. The number of fused-ring (bicyclic) bond motifs is 1. The fourth-order valence-corrected chi connectivity index (χ4v) is 3.26. The van der Waals surface area contributed by atoms with Gasteiger partial charge >= 0.3 is 5.97 Å². The van der Waals surface area contributed by atoms with Crippen molar-refractivity contribution < 1.29 is 14.3 Å². The molecule has 2 heterocycles. The summed E-state index contributed by atoms with van der Waals surface area (Å²) >= 11 is 1.34. The molecule has 0 saturated heterocycles. The maximum atomic E-state index is 12.5. The number of benzene rings is 2. The first-order valence-corrected chi connectivity index (χ1v) is 9.03. The third-order valence-electron chi connectivity index (χ3n) is 3.79. The van der Waals surface area contributed by atoms with E-state index in [2.05, 4.69) is 4.98 Å². The number of hydrogen-bond acceptors (Lipinski definition) is 6. The summed E-state index contributed by atoms with van der Waals surface area (Å²) in [6.07, 6.45) is 1.66. The van der Waals surface area contributed by atoms with E-state index in [1.54, 1.807) is 48.0 Å². The lowest BCUT2D eigenvalue weighted by Gasteiger charge is -2.10. The molecule has 0 amide bonds. The molecule has 0 aliphatic carbocycles. The third kappa shape index (κ3) is 3.73. The van der Waals surface area contributed by atoms with Crippen LogP contribution in [0.2, 0.25) is 0 Å². The first-order valence-electron chi connectivity index (χ1n) is 8.15. The van der Waals surface area contributed by atoms with E-state index in [9.17, 15) is 9.59 Å². The Bertz CT molecular complexity index is 1150. The largest absolute Gasteiger partial charge is 0.456 e. The van der Waals surface area contributed by atoms with Crippen molar-refractivity contribution in [2.45, 2.75) is 6.61 Å². The van der Waals surface area contributed by atoms with Crippen LogP contribution in [0.15, 0.2) is 77.0 Å². The van der Waals surface area contributed by atoms with Gasteiger partial charge < -0.3 is 9.47 Å². The fraction of sp³-hybridized carbons (Fsp3) is 0.0500. The number of ether oxygens (including phenoxy) is 2. The molecule has 4 rings (SSSR count). The van der Waals surface area contributed by atoms with Crippen LogP contribution >= 0.6 is 11.3 Å². The Morgan fingerprint density at radius 2 is 1.85 bits per heavy atom. The molecule has 0 radical (unpaired) electrons. The SMILES string of the molecule is O=C(OCc1cc(=O)n2ccsc2n1)c1ccccc1Oc1ccccc1. The molecule has 0 unspecified atom stereocenters. The quantitative estimate of drug-likeness (QED) is 0.493. The predicted molar refractivity (Wildman–Crippen MR) is 101 cm³/mol.